The molecular weight excluding hydrogens is 360 g/mol. The molecule has 3 aromatic heterocycles. The van der Waals surface area contributed by atoms with Gasteiger partial charge >= 0.3 is 0 Å². The highest BCUT2D eigenvalue weighted by molar-refractivity contribution is 5.99. The lowest BCUT2D eigenvalue weighted by Gasteiger charge is -2.37. The Balaban J connectivity index is 0.00000205. The van der Waals surface area contributed by atoms with Crippen molar-refractivity contribution in [2.75, 3.05) is 30.0 Å². The summed E-state index contributed by atoms with van der Waals surface area (Å²) in [5.74, 6) is 1.73. The molecule has 0 aromatic carbocycles. The van der Waals surface area contributed by atoms with Gasteiger partial charge in [-0.25, -0.2) is 15.0 Å². The van der Waals surface area contributed by atoms with Crippen LogP contribution in [0.3, 0.4) is 0 Å². The zero-order valence-electron chi connectivity index (χ0n) is 15.0. The molecule has 2 aliphatic rings. The number of pyridine rings is 1. The monoisotopic (exact) mass is 380 g/mol. The van der Waals surface area contributed by atoms with Crippen molar-refractivity contribution in [3.63, 3.8) is 0 Å². The van der Waals surface area contributed by atoms with Crippen LogP contribution in [-0.2, 0) is 9.53 Å². The van der Waals surface area contributed by atoms with Gasteiger partial charge in [0.1, 0.15) is 12.0 Å². The minimum absolute atomic E-state index is 0. The lowest BCUT2D eigenvalue weighted by atomic mass is 10.1. The molecule has 3 aromatic rings. The van der Waals surface area contributed by atoms with Crippen molar-refractivity contribution in [3.05, 3.63) is 30.9 Å². The summed E-state index contributed by atoms with van der Waals surface area (Å²) in [6, 6.07) is 3.99. The van der Waals surface area contributed by atoms with Crippen molar-refractivity contribution < 1.29 is 11.0 Å². The van der Waals surface area contributed by atoms with Crippen LogP contribution in [0, 0.1) is 0 Å². The van der Waals surface area contributed by atoms with Gasteiger partial charge in [0.2, 0.25) is 5.91 Å². The Kier molecular flexibility index (Phi) is 4.17. The van der Waals surface area contributed by atoms with E-state index in [1.54, 1.807) is 12.4 Å². The molecule has 5 rings (SSSR count). The number of anilines is 2. The Hall–Kier alpha value is -3.40. The van der Waals surface area contributed by atoms with E-state index in [0.717, 1.165) is 18.4 Å². The van der Waals surface area contributed by atoms with Gasteiger partial charge in [0.15, 0.2) is 17.5 Å². The van der Waals surface area contributed by atoms with Gasteiger partial charge in [-0.3, -0.25) is 14.9 Å². The molecule has 0 spiro atoms. The number of hydrogen-bond donors (Lipinski definition) is 2. The second kappa shape index (κ2) is 6.97. The van der Waals surface area contributed by atoms with Gasteiger partial charge < -0.3 is 15.0 Å². The lowest BCUT2D eigenvalue weighted by molar-refractivity contribution is -0.115. The maximum absolute atomic E-state index is 12.1. The van der Waals surface area contributed by atoms with E-state index in [9.17, 15) is 4.79 Å². The van der Waals surface area contributed by atoms with Crippen LogP contribution >= 0.6 is 0 Å². The number of aromatic amines is 1. The van der Waals surface area contributed by atoms with Gasteiger partial charge in [-0.1, -0.05) is 0 Å². The fourth-order valence-electron chi connectivity index (χ4n) is 3.52. The van der Waals surface area contributed by atoms with Crippen LogP contribution in [0.1, 0.15) is 14.3 Å². The topological polar surface area (TPSA) is 122 Å². The molecule has 28 heavy (non-hydrogen) atoms. The van der Waals surface area contributed by atoms with Gasteiger partial charge in [-0.05, 0) is 25.0 Å². The van der Waals surface area contributed by atoms with Crippen LogP contribution < -0.4 is 10.2 Å². The molecule has 1 amide bonds. The number of carbonyl (C=O) groups excluding carboxylic acids is 1. The maximum atomic E-state index is 12.1. The van der Waals surface area contributed by atoms with Crippen molar-refractivity contribution >= 4 is 17.5 Å². The van der Waals surface area contributed by atoms with Crippen LogP contribution in [-0.4, -0.2) is 61.8 Å². The number of ether oxygens (including phenoxy) is 1. The SMILES string of the molecule is O=C1CN(C2CCOCC2)c2nc(-c3ccc(-c4ncn[nH]4)nc3)cnc2N1.[HH]. The van der Waals surface area contributed by atoms with Gasteiger partial charge in [0.05, 0.1) is 18.4 Å². The van der Waals surface area contributed by atoms with Crippen molar-refractivity contribution in [2.24, 2.45) is 0 Å². The number of carbonyl (C=O) groups is 1. The first kappa shape index (κ1) is 16.8. The molecule has 1 fully saturated rings. The molecule has 5 heterocycles. The van der Waals surface area contributed by atoms with Crippen LogP contribution in [0.5, 0.6) is 0 Å². The molecule has 0 bridgehead atoms. The van der Waals surface area contributed by atoms with Crippen molar-refractivity contribution in [3.8, 4) is 22.8 Å². The van der Waals surface area contributed by atoms with Crippen molar-refractivity contribution in [2.45, 2.75) is 18.9 Å². The summed E-state index contributed by atoms with van der Waals surface area (Å²) >= 11 is 0. The molecule has 0 saturated carbocycles. The lowest BCUT2D eigenvalue weighted by Crippen LogP contribution is -2.47. The molecule has 2 N–H and O–H groups in total. The molecule has 10 heteroatoms. The van der Waals surface area contributed by atoms with E-state index in [0.29, 0.717) is 42.1 Å². The normalized spacial score (nSPS) is 17.3. The minimum atomic E-state index is -0.0703. The van der Waals surface area contributed by atoms with E-state index in [4.69, 9.17) is 9.72 Å². The van der Waals surface area contributed by atoms with E-state index in [1.165, 1.54) is 6.33 Å². The van der Waals surface area contributed by atoms with Crippen LogP contribution in [0.25, 0.3) is 22.8 Å². The highest BCUT2D eigenvalue weighted by Crippen LogP contribution is 2.32. The summed E-state index contributed by atoms with van der Waals surface area (Å²) in [6.07, 6.45) is 6.56. The molecule has 1 saturated heterocycles. The number of amides is 1. The fourth-order valence-corrected chi connectivity index (χ4v) is 3.52. The first-order valence-electron chi connectivity index (χ1n) is 9.11. The molecular formula is C18H20N8O2. The van der Waals surface area contributed by atoms with E-state index in [-0.39, 0.29) is 19.9 Å². The molecule has 2 aliphatic heterocycles. The summed E-state index contributed by atoms with van der Waals surface area (Å²) in [7, 11) is 0. The first-order chi connectivity index (χ1) is 13.8. The Morgan fingerprint density at radius 1 is 1.11 bits per heavy atom. The van der Waals surface area contributed by atoms with Crippen molar-refractivity contribution in [1.29, 1.82) is 0 Å². The van der Waals surface area contributed by atoms with Crippen LogP contribution in [0.4, 0.5) is 11.6 Å². The maximum Gasteiger partial charge on any atom is 0.245 e. The summed E-state index contributed by atoms with van der Waals surface area (Å²) < 4.78 is 5.46. The zero-order valence-corrected chi connectivity index (χ0v) is 15.0. The average Bonchev–Trinajstić information content (AvgIpc) is 3.28. The number of rotatable bonds is 3. The average molecular weight is 380 g/mol. The fraction of sp³-hybridized carbons (Fsp3) is 0.333. The van der Waals surface area contributed by atoms with Crippen LogP contribution in [0.15, 0.2) is 30.9 Å². The molecule has 10 nitrogen and oxygen atoms in total. The summed E-state index contributed by atoms with van der Waals surface area (Å²) in [5.41, 5.74) is 2.23. The van der Waals surface area contributed by atoms with E-state index < -0.39 is 0 Å². The third-order valence-electron chi connectivity index (χ3n) is 4.95. The number of nitrogens with zero attached hydrogens (tertiary/aromatic N) is 6. The first-order valence-corrected chi connectivity index (χ1v) is 9.11. The predicted molar refractivity (Wildman–Crippen MR) is 103 cm³/mol. The smallest absolute Gasteiger partial charge is 0.245 e. The van der Waals surface area contributed by atoms with Gasteiger partial charge in [0, 0.05) is 32.4 Å². The number of aromatic nitrogens is 6. The number of H-pyrrole nitrogens is 1. The van der Waals surface area contributed by atoms with E-state index >= 15 is 0 Å². The number of fused-ring (bicyclic) bond motifs is 1. The third kappa shape index (κ3) is 3.07. The van der Waals surface area contributed by atoms with E-state index in [2.05, 4.69) is 30.5 Å². The number of nitrogens with one attached hydrogen (secondary N) is 2. The quantitative estimate of drug-likeness (QED) is 0.701. The second-order valence-electron chi connectivity index (χ2n) is 6.71. The van der Waals surface area contributed by atoms with Gasteiger partial charge in [0.25, 0.3) is 0 Å². The Labute approximate surface area is 161 Å². The van der Waals surface area contributed by atoms with E-state index in [1.807, 2.05) is 17.0 Å². The Morgan fingerprint density at radius 3 is 2.75 bits per heavy atom. The van der Waals surface area contributed by atoms with Crippen LogP contribution in [0.2, 0.25) is 0 Å². The molecule has 0 aliphatic carbocycles. The summed E-state index contributed by atoms with van der Waals surface area (Å²) in [6.45, 7) is 1.66. The Bertz CT molecular complexity index is 990. The standard InChI is InChI=1S/C18H18N8O2.H2/c27-15-9-26(12-3-5-28-6-4-12)18-17(24-15)20-8-14(23-18)11-1-2-13(19-7-11)16-21-10-22-25-16;/h1-2,7-8,10,12H,3-6,9H2,(H,20,24,27)(H,21,22,25);1H. The Morgan fingerprint density at radius 2 is 2.00 bits per heavy atom. The molecule has 0 atom stereocenters. The van der Waals surface area contributed by atoms with Gasteiger partial charge in [-0.2, -0.15) is 5.10 Å². The highest BCUT2D eigenvalue weighted by atomic mass is 16.5. The largest absolute Gasteiger partial charge is 0.381 e. The van der Waals surface area contributed by atoms with Crippen molar-refractivity contribution in [1.82, 2.24) is 30.1 Å². The highest BCUT2D eigenvalue weighted by Gasteiger charge is 2.31. The predicted octanol–water partition coefficient (Wildman–Crippen LogP) is 1.51. The summed E-state index contributed by atoms with van der Waals surface area (Å²) in [5, 5.41) is 9.44. The molecule has 0 radical (unpaired) electrons. The molecule has 0 unspecified atom stereocenters. The second-order valence-corrected chi connectivity index (χ2v) is 6.71. The summed E-state index contributed by atoms with van der Waals surface area (Å²) in [4.78, 5) is 31.9. The minimum Gasteiger partial charge on any atom is -0.381 e. The number of hydrogen-bond acceptors (Lipinski definition) is 8. The third-order valence-corrected chi connectivity index (χ3v) is 4.95. The van der Waals surface area contributed by atoms with Gasteiger partial charge in [-0.15, -0.1) is 0 Å². The molecule has 144 valence electrons. The zero-order chi connectivity index (χ0) is 18.9.